The summed E-state index contributed by atoms with van der Waals surface area (Å²) in [7, 11) is 0. The molecule has 0 unspecified atom stereocenters. The van der Waals surface area contributed by atoms with Gasteiger partial charge >= 0.3 is 0 Å². The molecule has 4 nitrogen and oxygen atoms in total. The van der Waals surface area contributed by atoms with Crippen LogP contribution in [0.2, 0.25) is 5.02 Å². The topological polar surface area (TPSA) is 69.2 Å². The quantitative estimate of drug-likeness (QED) is 0.630. The van der Waals surface area contributed by atoms with Crippen LogP contribution in [-0.2, 0) is 0 Å². The first-order valence-corrected chi connectivity index (χ1v) is 6.25. The third kappa shape index (κ3) is 4.00. The molecule has 2 N–H and O–H groups in total. The van der Waals surface area contributed by atoms with Crippen molar-refractivity contribution in [3.63, 3.8) is 0 Å². The van der Waals surface area contributed by atoms with E-state index in [4.69, 9.17) is 17.3 Å². The van der Waals surface area contributed by atoms with E-state index in [-0.39, 0.29) is 16.7 Å². The minimum absolute atomic E-state index is 0.131. The lowest BCUT2D eigenvalue weighted by molar-refractivity contribution is -0.479. The largest absolute Gasteiger partial charge is 0.330 e. The normalized spacial score (nSPS) is 12.4. The molecule has 0 amide bonds. The van der Waals surface area contributed by atoms with Crippen LogP contribution in [0.4, 0.5) is 0 Å². The lowest BCUT2D eigenvalue weighted by atomic mass is 10.1. The van der Waals surface area contributed by atoms with Gasteiger partial charge in [0.15, 0.2) is 0 Å². The van der Waals surface area contributed by atoms with Crippen molar-refractivity contribution in [2.24, 2.45) is 5.73 Å². The van der Waals surface area contributed by atoms with Gasteiger partial charge in [-0.15, -0.1) is 11.8 Å². The summed E-state index contributed by atoms with van der Waals surface area (Å²) in [5.74, 6) is 0.684. The van der Waals surface area contributed by atoms with E-state index in [1.165, 1.54) is 11.8 Å². The predicted molar refractivity (Wildman–Crippen MR) is 67.6 cm³/mol. The third-order valence-corrected chi connectivity index (χ3v) is 3.62. The highest BCUT2D eigenvalue weighted by atomic mass is 35.5. The van der Waals surface area contributed by atoms with Crippen molar-refractivity contribution in [1.29, 1.82) is 0 Å². The van der Waals surface area contributed by atoms with Crippen molar-refractivity contribution in [1.82, 2.24) is 0 Å². The standard InChI is InChI=1S/C10H13ClN2O2S/c11-9-4-2-1-3-8(9)10(7-13(14)15)16-6-5-12/h1-4,10H,5-7,12H2/t10-/m0/s1. The van der Waals surface area contributed by atoms with Gasteiger partial charge in [-0.05, 0) is 11.6 Å². The fourth-order valence-corrected chi connectivity index (χ4v) is 2.69. The zero-order chi connectivity index (χ0) is 12.0. The Morgan fingerprint density at radius 3 is 2.75 bits per heavy atom. The van der Waals surface area contributed by atoms with Crippen LogP contribution >= 0.6 is 23.4 Å². The Kier molecular flexibility index (Phi) is 5.59. The molecule has 88 valence electrons. The number of nitrogens with two attached hydrogens (primary N) is 1. The molecule has 0 spiro atoms. The highest BCUT2D eigenvalue weighted by molar-refractivity contribution is 7.99. The molecule has 0 fully saturated rings. The Hall–Kier alpha value is -0.780. The number of halogens is 1. The number of nitrogens with zero attached hydrogens (tertiary/aromatic N) is 1. The molecule has 0 radical (unpaired) electrons. The molecule has 0 aliphatic carbocycles. The van der Waals surface area contributed by atoms with Crippen molar-refractivity contribution in [3.8, 4) is 0 Å². The van der Waals surface area contributed by atoms with E-state index in [1.807, 2.05) is 18.2 Å². The number of nitro groups is 1. The van der Waals surface area contributed by atoms with Crippen molar-refractivity contribution in [2.75, 3.05) is 18.8 Å². The molecular weight excluding hydrogens is 248 g/mol. The van der Waals surface area contributed by atoms with E-state index in [2.05, 4.69) is 0 Å². The first-order valence-electron chi connectivity index (χ1n) is 4.83. The maximum Gasteiger partial charge on any atom is 0.219 e. The molecule has 0 heterocycles. The number of thioether (sulfide) groups is 1. The van der Waals surface area contributed by atoms with Gasteiger partial charge in [-0.3, -0.25) is 10.1 Å². The second-order valence-electron chi connectivity index (χ2n) is 3.18. The molecule has 0 aliphatic heterocycles. The second-order valence-corrected chi connectivity index (χ2v) is 4.90. The van der Waals surface area contributed by atoms with E-state index < -0.39 is 0 Å². The van der Waals surface area contributed by atoms with Crippen molar-refractivity contribution in [2.45, 2.75) is 5.25 Å². The van der Waals surface area contributed by atoms with Crippen molar-refractivity contribution >= 4 is 23.4 Å². The maximum atomic E-state index is 10.6. The predicted octanol–water partition coefficient (Wildman–Crippen LogP) is 2.35. The lowest BCUT2D eigenvalue weighted by Crippen LogP contribution is -2.12. The van der Waals surface area contributed by atoms with E-state index in [9.17, 15) is 10.1 Å². The summed E-state index contributed by atoms with van der Waals surface area (Å²) in [6.07, 6.45) is 0. The van der Waals surface area contributed by atoms with Gasteiger partial charge in [-0.25, -0.2) is 0 Å². The summed E-state index contributed by atoms with van der Waals surface area (Å²) >= 11 is 7.48. The fourth-order valence-electron chi connectivity index (χ4n) is 1.32. The Balaban J connectivity index is 2.82. The first-order chi connectivity index (χ1) is 7.65. The van der Waals surface area contributed by atoms with Crippen LogP contribution < -0.4 is 5.73 Å². The Bertz CT molecular complexity index is 362. The molecule has 1 aromatic carbocycles. The summed E-state index contributed by atoms with van der Waals surface area (Å²) in [5.41, 5.74) is 6.21. The maximum absolute atomic E-state index is 10.6. The van der Waals surface area contributed by atoms with Crippen LogP contribution in [0, 0.1) is 10.1 Å². The van der Waals surface area contributed by atoms with Gasteiger partial charge in [-0.1, -0.05) is 29.8 Å². The summed E-state index contributed by atoms with van der Waals surface area (Å²) in [5, 5.41) is 10.9. The fraction of sp³-hybridized carbons (Fsp3) is 0.400. The molecule has 0 saturated carbocycles. The van der Waals surface area contributed by atoms with Gasteiger partial charge in [0.1, 0.15) is 0 Å². The molecule has 1 rings (SSSR count). The summed E-state index contributed by atoms with van der Waals surface area (Å²) in [4.78, 5) is 10.3. The number of rotatable bonds is 6. The van der Waals surface area contributed by atoms with Crippen LogP contribution in [-0.4, -0.2) is 23.8 Å². The lowest BCUT2D eigenvalue weighted by Gasteiger charge is -2.13. The third-order valence-electron chi connectivity index (χ3n) is 2.00. The average molecular weight is 261 g/mol. The zero-order valence-corrected chi connectivity index (χ0v) is 10.2. The summed E-state index contributed by atoms with van der Waals surface area (Å²) < 4.78 is 0. The molecule has 6 heteroatoms. The van der Waals surface area contributed by atoms with Gasteiger partial charge in [0.25, 0.3) is 0 Å². The van der Waals surface area contributed by atoms with Crippen LogP contribution in [0.3, 0.4) is 0 Å². The molecule has 0 aromatic heterocycles. The first kappa shape index (κ1) is 13.3. The van der Waals surface area contributed by atoms with Gasteiger partial charge in [0.2, 0.25) is 6.54 Å². The molecule has 16 heavy (non-hydrogen) atoms. The number of hydrogen-bond acceptors (Lipinski definition) is 4. The zero-order valence-electron chi connectivity index (χ0n) is 8.64. The molecular formula is C10H13ClN2O2S. The van der Waals surface area contributed by atoms with E-state index >= 15 is 0 Å². The van der Waals surface area contributed by atoms with Crippen LogP contribution in [0.1, 0.15) is 10.8 Å². The molecule has 0 bridgehead atoms. The second kappa shape index (κ2) is 6.73. The Morgan fingerprint density at radius 1 is 1.50 bits per heavy atom. The van der Waals surface area contributed by atoms with Gasteiger partial charge < -0.3 is 5.73 Å². The minimum Gasteiger partial charge on any atom is -0.330 e. The van der Waals surface area contributed by atoms with Gasteiger partial charge in [0.05, 0.1) is 5.25 Å². The van der Waals surface area contributed by atoms with Crippen molar-refractivity contribution in [3.05, 3.63) is 45.0 Å². The van der Waals surface area contributed by atoms with Gasteiger partial charge in [0, 0.05) is 22.2 Å². The highest BCUT2D eigenvalue weighted by Gasteiger charge is 2.20. The molecule has 1 aromatic rings. The minimum atomic E-state index is -0.322. The summed E-state index contributed by atoms with van der Waals surface area (Å²) in [6.45, 7) is 0.373. The van der Waals surface area contributed by atoms with Crippen LogP contribution in [0.15, 0.2) is 24.3 Å². The van der Waals surface area contributed by atoms with E-state index in [0.717, 1.165) is 5.56 Å². The smallest absolute Gasteiger partial charge is 0.219 e. The van der Waals surface area contributed by atoms with Crippen molar-refractivity contribution < 1.29 is 4.92 Å². The SMILES string of the molecule is NCCS[C@@H](C[N+](=O)[O-])c1ccccc1Cl. The van der Waals surface area contributed by atoms with E-state index in [0.29, 0.717) is 17.3 Å². The van der Waals surface area contributed by atoms with Crippen LogP contribution in [0.25, 0.3) is 0 Å². The average Bonchev–Trinajstić information content (AvgIpc) is 2.24. The molecule has 1 atom stereocenters. The number of hydrogen-bond donors (Lipinski definition) is 1. The monoisotopic (exact) mass is 260 g/mol. The van der Waals surface area contributed by atoms with Gasteiger partial charge in [-0.2, -0.15) is 0 Å². The molecule has 0 aliphatic rings. The highest BCUT2D eigenvalue weighted by Crippen LogP contribution is 2.33. The van der Waals surface area contributed by atoms with E-state index in [1.54, 1.807) is 6.07 Å². The Labute approximate surface area is 103 Å². The van der Waals surface area contributed by atoms with Crippen LogP contribution in [0.5, 0.6) is 0 Å². The Morgan fingerprint density at radius 2 is 2.19 bits per heavy atom. The number of benzene rings is 1. The molecule has 0 saturated heterocycles. The summed E-state index contributed by atoms with van der Waals surface area (Å²) in [6, 6.07) is 7.20.